The molecule has 0 atom stereocenters. The van der Waals surface area contributed by atoms with Crippen LogP contribution in [-0.2, 0) is 22.4 Å². The van der Waals surface area contributed by atoms with Crippen LogP contribution >= 0.6 is 0 Å². The summed E-state index contributed by atoms with van der Waals surface area (Å²) in [6.07, 6.45) is -9.99. The minimum absolute atomic E-state index is 0.0731. The largest absolute Gasteiger partial charge is 0.453 e. The Labute approximate surface area is 168 Å². The third kappa shape index (κ3) is 4.39. The van der Waals surface area contributed by atoms with E-state index in [4.69, 9.17) is 5.14 Å². The average molecular weight is 472 g/mol. The van der Waals surface area contributed by atoms with Crippen molar-refractivity contribution in [3.8, 4) is 22.4 Å². The number of halogens is 8. The summed E-state index contributed by atoms with van der Waals surface area (Å²) in [7, 11) is -4.74. The van der Waals surface area contributed by atoms with Crippen LogP contribution in [-0.4, -0.2) is 13.6 Å². The van der Waals surface area contributed by atoms with Crippen molar-refractivity contribution >= 4 is 10.0 Å². The second-order valence-electron chi connectivity index (χ2n) is 6.12. The summed E-state index contributed by atoms with van der Waals surface area (Å²) in [6.45, 7) is 0. The van der Waals surface area contributed by atoms with E-state index in [1.54, 1.807) is 0 Å². The first-order valence-electron chi connectivity index (χ1n) is 7.87. The normalized spacial score (nSPS) is 12.9. The Kier molecular flexibility index (Phi) is 5.34. The molecule has 0 aliphatic carbocycles. The van der Waals surface area contributed by atoms with Crippen molar-refractivity contribution < 1.29 is 48.1 Å². The van der Waals surface area contributed by atoms with Gasteiger partial charge < -0.3 is 4.52 Å². The fourth-order valence-electron chi connectivity index (χ4n) is 2.69. The second kappa shape index (κ2) is 7.30. The molecule has 0 bridgehead atoms. The van der Waals surface area contributed by atoms with Crippen LogP contribution in [0.1, 0.15) is 11.3 Å². The Morgan fingerprint density at radius 2 is 1.45 bits per heavy atom. The molecule has 1 aromatic heterocycles. The van der Waals surface area contributed by atoms with Gasteiger partial charge in [0, 0.05) is 11.1 Å². The van der Waals surface area contributed by atoms with Gasteiger partial charge in [0.15, 0.2) is 0 Å². The Morgan fingerprint density at radius 3 is 1.94 bits per heavy atom. The van der Waals surface area contributed by atoms with E-state index >= 15 is 0 Å². The quantitative estimate of drug-likeness (QED) is 0.546. The number of sulfonamides is 1. The average Bonchev–Trinajstić information content (AvgIpc) is 3.07. The van der Waals surface area contributed by atoms with Gasteiger partial charge in [-0.05, 0) is 24.3 Å². The molecule has 0 radical (unpaired) electrons. The molecule has 1 heterocycles. The van der Waals surface area contributed by atoms with Crippen LogP contribution in [0.4, 0.5) is 35.1 Å². The fraction of sp³-hybridized carbons (Fsp3) is 0.118. The van der Waals surface area contributed by atoms with Crippen LogP contribution in [0.3, 0.4) is 0 Å². The minimum Gasteiger partial charge on any atom is -0.350 e. The lowest BCUT2D eigenvalue weighted by Crippen LogP contribution is -2.15. The number of benzene rings is 2. The van der Waals surface area contributed by atoms with Crippen LogP contribution in [0.25, 0.3) is 22.4 Å². The van der Waals surface area contributed by atoms with Gasteiger partial charge in [-0.15, -0.1) is 0 Å². The zero-order valence-electron chi connectivity index (χ0n) is 14.6. The van der Waals surface area contributed by atoms with Gasteiger partial charge in [-0.25, -0.2) is 22.3 Å². The third-order valence-electron chi connectivity index (χ3n) is 4.03. The van der Waals surface area contributed by atoms with Gasteiger partial charge in [0.05, 0.1) is 11.1 Å². The van der Waals surface area contributed by atoms with Crippen molar-refractivity contribution in [1.29, 1.82) is 0 Å². The third-order valence-corrected chi connectivity index (χ3v) is 4.96. The number of hydrogen-bond donors (Lipinski definition) is 1. The summed E-state index contributed by atoms with van der Waals surface area (Å²) in [5.41, 5.74) is -4.43. The molecular formula is C17H8F8N2O3S. The SMILES string of the molecule is NS(=O)(=O)c1cc(F)c(-c2c(-c3ccc(C(F)(F)F)cc3)noc2C(F)(F)F)cc1F. The predicted octanol–water partition coefficient (Wildman–Crippen LogP) is 4.97. The van der Waals surface area contributed by atoms with Gasteiger partial charge >= 0.3 is 12.4 Å². The Hall–Kier alpha value is -3.00. The molecule has 0 fully saturated rings. The zero-order chi connectivity index (χ0) is 23.4. The monoisotopic (exact) mass is 472 g/mol. The molecule has 31 heavy (non-hydrogen) atoms. The molecule has 5 nitrogen and oxygen atoms in total. The summed E-state index contributed by atoms with van der Waals surface area (Å²) in [6, 6.07) is 2.83. The number of hydrogen-bond acceptors (Lipinski definition) is 4. The highest BCUT2D eigenvalue weighted by Gasteiger charge is 2.42. The van der Waals surface area contributed by atoms with Crippen molar-refractivity contribution in [2.45, 2.75) is 17.2 Å². The van der Waals surface area contributed by atoms with Gasteiger partial charge in [-0.1, -0.05) is 17.3 Å². The van der Waals surface area contributed by atoms with Gasteiger partial charge in [-0.3, -0.25) is 0 Å². The van der Waals surface area contributed by atoms with E-state index in [1.165, 1.54) is 0 Å². The lowest BCUT2D eigenvalue weighted by molar-refractivity contribution is -0.155. The first-order valence-corrected chi connectivity index (χ1v) is 9.42. The van der Waals surface area contributed by atoms with Crippen LogP contribution < -0.4 is 5.14 Å². The molecule has 166 valence electrons. The van der Waals surface area contributed by atoms with Gasteiger partial charge in [0.1, 0.15) is 22.2 Å². The fourth-order valence-corrected chi connectivity index (χ4v) is 3.28. The number of primary sulfonamides is 1. The molecule has 0 aliphatic heterocycles. The van der Waals surface area contributed by atoms with E-state index < -0.39 is 67.1 Å². The summed E-state index contributed by atoms with van der Waals surface area (Å²) < 4.78 is 134. The van der Waals surface area contributed by atoms with E-state index in [1.807, 2.05) is 0 Å². The van der Waals surface area contributed by atoms with Gasteiger partial charge in [-0.2, -0.15) is 26.3 Å². The van der Waals surface area contributed by atoms with E-state index in [2.05, 4.69) is 9.68 Å². The molecule has 0 spiro atoms. The number of nitrogens with zero attached hydrogens (tertiary/aromatic N) is 1. The van der Waals surface area contributed by atoms with Crippen LogP contribution in [0.2, 0.25) is 0 Å². The highest BCUT2D eigenvalue weighted by molar-refractivity contribution is 7.89. The van der Waals surface area contributed by atoms with Crippen molar-refractivity contribution in [2.24, 2.45) is 5.14 Å². The van der Waals surface area contributed by atoms with Crippen molar-refractivity contribution in [3.05, 3.63) is 59.4 Å². The molecule has 0 unspecified atom stereocenters. The highest BCUT2D eigenvalue weighted by atomic mass is 32.2. The standard InChI is InChI=1S/C17H8F8N2O3S/c18-10-6-12(31(26,28)29)11(19)5-9(10)13-14(27-30-15(13)17(23,24)25)7-1-3-8(4-2-7)16(20,21)22/h1-6H,(H2,26,28,29). The van der Waals surface area contributed by atoms with Crippen molar-refractivity contribution in [2.75, 3.05) is 0 Å². The molecule has 3 rings (SSSR count). The molecular weight excluding hydrogens is 464 g/mol. The maximum absolute atomic E-state index is 14.5. The lowest BCUT2D eigenvalue weighted by Gasteiger charge is -2.11. The first-order chi connectivity index (χ1) is 14.1. The lowest BCUT2D eigenvalue weighted by atomic mass is 9.97. The van der Waals surface area contributed by atoms with E-state index in [0.29, 0.717) is 12.1 Å². The maximum Gasteiger partial charge on any atom is 0.453 e. The van der Waals surface area contributed by atoms with E-state index in [0.717, 1.165) is 12.1 Å². The molecule has 3 aromatic rings. The van der Waals surface area contributed by atoms with E-state index in [9.17, 15) is 43.5 Å². The molecule has 14 heteroatoms. The van der Waals surface area contributed by atoms with Crippen molar-refractivity contribution in [3.63, 3.8) is 0 Å². The van der Waals surface area contributed by atoms with Crippen LogP contribution in [0.5, 0.6) is 0 Å². The predicted molar refractivity (Wildman–Crippen MR) is 88.7 cm³/mol. The van der Waals surface area contributed by atoms with E-state index in [-0.39, 0.29) is 17.7 Å². The minimum atomic E-state index is -5.26. The number of nitrogens with two attached hydrogens (primary N) is 1. The number of rotatable bonds is 3. The topological polar surface area (TPSA) is 86.2 Å². The Bertz CT molecular complexity index is 1250. The molecule has 0 saturated heterocycles. The maximum atomic E-state index is 14.5. The molecule has 2 N–H and O–H groups in total. The molecule has 2 aromatic carbocycles. The number of aromatic nitrogens is 1. The zero-order valence-corrected chi connectivity index (χ0v) is 15.5. The Morgan fingerprint density at radius 1 is 0.871 bits per heavy atom. The summed E-state index contributed by atoms with van der Waals surface area (Å²) in [5.74, 6) is -5.15. The summed E-state index contributed by atoms with van der Waals surface area (Å²) >= 11 is 0. The number of alkyl halides is 6. The Balaban J connectivity index is 2.28. The van der Waals surface area contributed by atoms with Crippen molar-refractivity contribution in [1.82, 2.24) is 5.16 Å². The second-order valence-corrected chi connectivity index (χ2v) is 7.65. The molecule has 0 amide bonds. The molecule has 0 saturated carbocycles. The van der Waals surface area contributed by atoms with Crippen LogP contribution in [0, 0.1) is 11.6 Å². The summed E-state index contributed by atoms with van der Waals surface area (Å²) in [4.78, 5) is -1.31. The molecule has 0 aliphatic rings. The van der Waals surface area contributed by atoms with Crippen LogP contribution in [0.15, 0.2) is 45.8 Å². The van der Waals surface area contributed by atoms with Gasteiger partial charge in [0.2, 0.25) is 15.8 Å². The van der Waals surface area contributed by atoms with Gasteiger partial charge in [0.25, 0.3) is 0 Å². The highest BCUT2D eigenvalue weighted by Crippen LogP contribution is 2.44. The summed E-state index contributed by atoms with van der Waals surface area (Å²) in [5, 5.41) is 7.88. The first kappa shape index (κ1) is 22.7. The smallest absolute Gasteiger partial charge is 0.350 e.